The molecule has 8 heteroatoms. The quantitative estimate of drug-likeness (QED) is 0.301. The van der Waals surface area contributed by atoms with Crippen LogP contribution >= 0.6 is 11.8 Å². The number of amides is 3. The minimum atomic E-state index is -0.839. The average Bonchev–Trinajstić information content (AvgIpc) is 3.63. The maximum atomic E-state index is 15.2. The van der Waals surface area contributed by atoms with Crippen LogP contribution in [0, 0.1) is 37.5 Å². The van der Waals surface area contributed by atoms with Crippen molar-refractivity contribution in [2.75, 3.05) is 29.5 Å². The van der Waals surface area contributed by atoms with E-state index in [0.29, 0.717) is 6.54 Å². The van der Waals surface area contributed by atoms with E-state index >= 15 is 4.79 Å². The van der Waals surface area contributed by atoms with Crippen LogP contribution in [0.5, 0.6) is 0 Å². The van der Waals surface area contributed by atoms with Crippen molar-refractivity contribution in [2.45, 2.75) is 69.5 Å². The van der Waals surface area contributed by atoms with Gasteiger partial charge in [0.15, 0.2) is 0 Å². The van der Waals surface area contributed by atoms with Crippen molar-refractivity contribution in [3.05, 3.63) is 85.0 Å². The van der Waals surface area contributed by atoms with Gasteiger partial charge in [0.1, 0.15) is 6.04 Å². The summed E-state index contributed by atoms with van der Waals surface area (Å²) in [6, 6.07) is 14.1. The van der Waals surface area contributed by atoms with Crippen molar-refractivity contribution in [3.8, 4) is 0 Å². The predicted molar refractivity (Wildman–Crippen MR) is 183 cm³/mol. The van der Waals surface area contributed by atoms with Gasteiger partial charge in [-0.05, 0) is 61.4 Å². The SMILES string of the molecule is C=CCN(C(=O)[C@@H]1[C@@H]2CC(C)C3(S2)C(C(=O)N(CC=C)c2cc(C)ccc2C)N([C@@H](CO)[C@@H](C)CC)C(=O)[C@H]13)c1ccccc1. The molecule has 5 rings (SSSR count). The third kappa shape index (κ3) is 5.34. The van der Waals surface area contributed by atoms with Crippen LogP contribution in [0.25, 0.3) is 0 Å². The topological polar surface area (TPSA) is 81.2 Å². The Morgan fingerprint density at radius 2 is 1.76 bits per heavy atom. The second-order valence-electron chi connectivity index (χ2n) is 13.0. The molecular formula is C37H47N3O4S. The number of carbonyl (C=O) groups excluding carboxylic acids is 3. The van der Waals surface area contributed by atoms with E-state index in [1.807, 2.05) is 76.2 Å². The minimum Gasteiger partial charge on any atom is -0.394 e. The standard InChI is InChI=1S/C37H47N3O4S/c1-8-18-38(27-14-12-11-13-15-27)34(42)31-30-21-26(7)37(45-30)32(31)35(43)40(29(22-41)24(5)10-3)33(37)36(44)39(19-9-2)28-20-23(4)16-17-25(28)6/h8-9,11-17,20,24,26,29-33,41H,1-2,10,18-19,21-22H2,3-7H3/t24-,26?,29-,30-,31+,32-,33?,37?/m0/s1. The first-order chi connectivity index (χ1) is 21.6. The van der Waals surface area contributed by atoms with Crippen LogP contribution in [0.3, 0.4) is 0 Å². The molecule has 1 N–H and O–H groups in total. The fraction of sp³-hybridized carbons (Fsp3) is 0.486. The lowest BCUT2D eigenvalue weighted by atomic mass is 9.65. The smallest absolute Gasteiger partial charge is 0.251 e. The number of hydrogen-bond donors (Lipinski definition) is 1. The van der Waals surface area contributed by atoms with Gasteiger partial charge in [0.05, 0.1) is 29.2 Å². The Morgan fingerprint density at radius 3 is 2.38 bits per heavy atom. The highest BCUT2D eigenvalue weighted by Gasteiger charge is 2.77. The molecule has 2 aromatic rings. The van der Waals surface area contributed by atoms with E-state index in [0.717, 1.165) is 35.3 Å². The highest BCUT2D eigenvalue weighted by atomic mass is 32.2. The van der Waals surface area contributed by atoms with Gasteiger partial charge in [-0.25, -0.2) is 0 Å². The van der Waals surface area contributed by atoms with E-state index in [1.54, 1.807) is 38.6 Å². The van der Waals surface area contributed by atoms with Gasteiger partial charge in [0.2, 0.25) is 11.8 Å². The van der Waals surface area contributed by atoms with E-state index < -0.39 is 28.7 Å². The Labute approximate surface area is 272 Å². The summed E-state index contributed by atoms with van der Waals surface area (Å²) in [4.78, 5) is 49.9. The maximum Gasteiger partial charge on any atom is 0.251 e. The average molecular weight is 630 g/mol. The van der Waals surface area contributed by atoms with Gasteiger partial charge in [-0.2, -0.15) is 0 Å². The molecule has 8 atom stereocenters. The van der Waals surface area contributed by atoms with Crippen LogP contribution < -0.4 is 9.80 Å². The zero-order chi connectivity index (χ0) is 32.6. The van der Waals surface area contributed by atoms with Crippen LogP contribution in [0.1, 0.15) is 44.7 Å². The number of anilines is 2. The summed E-state index contributed by atoms with van der Waals surface area (Å²) in [5.74, 6) is -1.81. The monoisotopic (exact) mass is 629 g/mol. The lowest BCUT2D eigenvalue weighted by molar-refractivity contribution is -0.143. The number of likely N-dealkylation sites (tertiary alicyclic amines) is 1. The fourth-order valence-corrected chi connectivity index (χ4v) is 10.4. The van der Waals surface area contributed by atoms with Gasteiger partial charge >= 0.3 is 0 Å². The molecule has 3 saturated heterocycles. The fourth-order valence-electron chi connectivity index (χ4n) is 8.03. The van der Waals surface area contributed by atoms with Crippen molar-refractivity contribution < 1.29 is 19.5 Å². The second kappa shape index (κ2) is 13.2. The van der Waals surface area contributed by atoms with E-state index in [4.69, 9.17) is 0 Å². The van der Waals surface area contributed by atoms with Gasteiger partial charge in [0.25, 0.3) is 5.91 Å². The second-order valence-corrected chi connectivity index (χ2v) is 14.6. The summed E-state index contributed by atoms with van der Waals surface area (Å²) in [6.07, 6.45) is 4.89. The molecule has 3 heterocycles. The van der Waals surface area contributed by atoms with Crippen LogP contribution in [-0.4, -0.2) is 69.5 Å². The first-order valence-corrected chi connectivity index (χ1v) is 17.0. The molecule has 0 radical (unpaired) electrons. The Kier molecular flexibility index (Phi) is 9.66. The van der Waals surface area contributed by atoms with E-state index in [9.17, 15) is 14.7 Å². The molecule has 3 unspecified atom stereocenters. The number of hydrogen-bond acceptors (Lipinski definition) is 5. The molecule has 3 fully saturated rings. The predicted octanol–water partition coefficient (Wildman–Crippen LogP) is 5.79. The summed E-state index contributed by atoms with van der Waals surface area (Å²) in [6.45, 7) is 18.4. The first kappa shape index (κ1) is 33.0. The van der Waals surface area contributed by atoms with Crippen LogP contribution in [0.15, 0.2) is 73.8 Å². The normalized spacial score (nSPS) is 28.0. The number of benzene rings is 2. The lowest BCUT2D eigenvalue weighted by Crippen LogP contribution is -2.60. The molecule has 7 nitrogen and oxygen atoms in total. The molecule has 0 aliphatic carbocycles. The molecule has 2 bridgehead atoms. The molecule has 3 aliphatic rings. The van der Waals surface area contributed by atoms with Crippen molar-refractivity contribution in [2.24, 2.45) is 23.7 Å². The van der Waals surface area contributed by atoms with E-state index in [2.05, 4.69) is 20.1 Å². The summed E-state index contributed by atoms with van der Waals surface area (Å²) in [5.41, 5.74) is 3.52. The minimum absolute atomic E-state index is 0.00879. The van der Waals surface area contributed by atoms with E-state index in [1.165, 1.54) is 0 Å². The number of aliphatic hydroxyl groups is 1. The van der Waals surface area contributed by atoms with Crippen molar-refractivity contribution >= 4 is 40.9 Å². The number of para-hydroxylation sites is 1. The molecule has 3 amide bonds. The molecule has 240 valence electrons. The summed E-state index contributed by atoms with van der Waals surface area (Å²) >= 11 is 1.66. The number of nitrogens with zero attached hydrogens (tertiary/aromatic N) is 3. The Bertz CT molecular complexity index is 1460. The molecule has 0 aromatic heterocycles. The summed E-state index contributed by atoms with van der Waals surface area (Å²) in [5, 5.41) is 10.7. The number of thioether (sulfide) groups is 1. The molecule has 0 saturated carbocycles. The molecule has 1 spiro atoms. The van der Waals surface area contributed by atoms with Gasteiger partial charge in [0, 0.05) is 29.7 Å². The lowest BCUT2D eigenvalue weighted by Gasteiger charge is -2.43. The molecule has 3 aliphatic heterocycles. The number of aliphatic hydroxyl groups excluding tert-OH is 1. The Balaban J connectivity index is 1.67. The summed E-state index contributed by atoms with van der Waals surface area (Å²) < 4.78 is -0.812. The van der Waals surface area contributed by atoms with Gasteiger partial charge in [-0.1, -0.05) is 69.7 Å². The first-order valence-electron chi connectivity index (χ1n) is 16.1. The molecule has 2 aromatic carbocycles. The molecular weight excluding hydrogens is 582 g/mol. The molecule has 45 heavy (non-hydrogen) atoms. The highest BCUT2D eigenvalue weighted by molar-refractivity contribution is 8.02. The zero-order valence-electron chi connectivity index (χ0n) is 27.2. The van der Waals surface area contributed by atoms with Gasteiger partial charge < -0.3 is 19.8 Å². The Morgan fingerprint density at radius 1 is 1.09 bits per heavy atom. The van der Waals surface area contributed by atoms with Crippen molar-refractivity contribution in [1.29, 1.82) is 0 Å². The van der Waals surface area contributed by atoms with Crippen LogP contribution in [-0.2, 0) is 14.4 Å². The Hall–Kier alpha value is -3.36. The van der Waals surface area contributed by atoms with Crippen molar-refractivity contribution in [1.82, 2.24) is 4.90 Å². The number of carbonyl (C=O) groups is 3. The van der Waals surface area contributed by atoms with E-state index in [-0.39, 0.29) is 48.0 Å². The largest absolute Gasteiger partial charge is 0.394 e. The van der Waals surface area contributed by atoms with Crippen LogP contribution in [0.4, 0.5) is 11.4 Å². The van der Waals surface area contributed by atoms with Crippen LogP contribution in [0.2, 0.25) is 0 Å². The third-order valence-corrected chi connectivity index (χ3v) is 12.5. The zero-order valence-corrected chi connectivity index (χ0v) is 28.0. The number of fused-ring (bicyclic) bond motifs is 1. The number of aryl methyl sites for hydroxylation is 2. The maximum absolute atomic E-state index is 15.2. The summed E-state index contributed by atoms with van der Waals surface area (Å²) in [7, 11) is 0. The highest BCUT2D eigenvalue weighted by Crippen LogP contribution is 2.69. The third-order valence-electron chi connectivity index (χ3n) is 10.4. The van der Waals surface area contributed by atoms with Crippen molar-refractivity contribution in [3.63, 3.8) is 0 Å². The number of rotatable bonds is 12. The van der Waals surface area contributed by atoms with Gasteiger partial charge in [-0.3, -0.25) is 14.4 Å². The van der Waals surface area contributed by atoms with Gasteiger partial charge in [-0.15, -0.1) is 24.9 Å².